The number of ether oxygens (including phenoxy) is 1. The van der Waals surface area contributed by atoms with Crippen LogP contribution < -0.4 is 10.1 Å². The zero-order chi connectivity index (χ0) is 20.9. The Balaban J connectivity index is 1.34. The Hall–Kier alpha value is -2.80. The lowest BCUT2D eigenvalue weighted by Crippen LogP contribution is -2.14. The van der Waals surface area contributed by atoms with Gasteiger partial charge in [0.2, 0.25) is 5.91 Å². The number of hydrogen-bond donors (Lipinski definition) is 1. The summed E-state index contributed by atoms with van der Waals surface area (Å²) in [5.41, 5.74) is 2.11. The van der Waals surface area contributed by atoms with Crippen LogP contribution in [0.1, 0.15) is 43.5 Å². The fourth-order valence-electron chi connectivity index (χ4n) is 3.66. The highest BCUT2D eigenvalue weighted by Crippen LogP contribution is 2.54. The van der Waals surface area contributed by atoms with Gasteiger partial charge in [0.15, 0.2) is 5.16 Å². The molecule has 1 fully saturated rings. The summed E-state index contributed by atoms with van der Waals surface area (Å²) in [7, 11) is 0. The van der Waals surface area contributed by atoms with Crippen LogP contribution in [0.25, 0.3) is 0 Å². The molecule has 0 spiro atoms. The number of carbonyl (C=O) groups is 1. The number of amides is 1. The van der Waals surface area contributed by atoms with E-state index in [0.717, 1.165) is 35.4 Å². The van der Waals surface area contributed by atoms with Crippen molar-refractivity contribution >= 4 is 23.4 Å². The van der Waals surface area contributed by atoms with Gasteiger partial charge in [-0.25, -0.2) is 0 Å². The smallest absolute Gasteiger partial charge is 0.234 e. The molecular weight excluding hydrogens is 396 g/mol. The molecule has 0 saturated heterocycles. The van der Waals surface area contributed by atoms with Gasteiger partial charge < -0.3 is 14.6 Å². The number of carbonyl (C=O) groups excluding carboxylic acids is 1. The third kappa shape index (κ3) is 4.67. The Morgan fingerprint density at radius 1 is 1.10 bits per heavy atom. The van der Waals surface area contributed by atoms with E-state index in [0.29, 0.717) is 18.4 Å². The van der Waals surface area contributed by atoms with Gasteiger partial charge in [-0.3, -0.25) is 4.79 Å². The number of nitrogens with zero attached hydrogens (tertiary/aromatic N) is 3. The minimum Gasteiger partial charge on any atom is -0.494 e. The SMILES string of the molecule is CCOc1ccc(NC(=O)CSc2nnc(C3CC3c3ccccc3)n2CC)cc1. The molecule has 0 aliphatic heterocycles. The highest BCUT2D eigenvalue weighted by atomic mass is 32.2. The number of hydrogen-bond acceptors (Lipinski definition) is 5. The van der Waals surface area contributed by atoms with Gasteiger partial charge in [-0.05, 0) is 56.0 Å². The van der Waals surface area contributed by atoms with Gasteiger partial charge in [-0.1, -0.05) is 42.1 Å². The van der Waals surface area contributed by atoms with Gasteiger partial charge in [0.25, 0.3) is 0 Å². The number of aromatic nitrogens is 3. The summed E-state index contributed by atoms with van der Waals surface area (Å²) in [6, 6.07) is 18.0. The van der Waals surface area contributed by atoms with Gasteiger partial charge >= 0.3 is 0 Å². The zero-order valence-corrected chi connectivity index (χ0v) is 18.1. The van der Waals surface area contributed by atoms with Crippen LogP contribution in [0.4, 0.5) is 5.69 Å². The summed E-state index contributed by atoms with van der Waals surface area (Å²) in [6.45, 7) is 5.45. The predicted molar refractivity (Wildman–Crippen MR) is 119 cm³/mol. The van der Waals surface area contributed by atoms with E-state index in [9.17, 15) is 4.79 Å². The van der Waals surface area contributed by atoms with Crippen molar-refractivity contribution in [3.05, 3.63) is 66.0 Å². The summed E-state index contributed by atoms with van der Waals surface area (Å²) in [5, 5.41) is 12.5. The summed E-state index contributed by atoms with van der Waals surface area (Å²) in [4.78, 5) is 12.4. The normalized spacial score (nSPS) is 17.5. The fraction of sp³-hybridized carbons (Fsp3) is 0.348. The van der Waals surface area contributed by atoms with Crippen molar-refractivity contribution in [3.8, 4) is 5.75 Å². The Labute approximate surface area is 181 Å². The maximum atomic E-state index is 12.4. The van der Waals surface area contributed by atoms with Crippen LogP contribution in [0.3, 0.4) is 0 Å². The van der Waals surface area contributed by atoms with Crippen molar-refractivity contribution in [1.82, 2.24) is 14.8 Å². The average molecular weight is 423 g/mol. The monoisotopic (exact) mass is 422 g/mol. The third-order valence-corrected chi connectivity index (χ3v) is 6.16. The Kier molecular flexibility index (Phi) is 6.38. The summed E-state index contributed by atoms with van der Waals surface area (Å²) >= 11 is 1.43. The van der Waals surface area contributed by atoms with Crippen LogP contribution in [0.5, 0.6) is 5.75 Å². The van der Waals surface area contributed by atoms with E-state index in [1.807, 2.05) is 37.3 Å². The first kappa shape index (κ1) is 20.5. The maximum absolute atomic E-state index is 12.4. The van der Waals surface area contributed by atoms with Crippen molar-refractivity contribution in [2.75, 3.05) is 17.7 Å². The molecule has 1 heterocycles. The molecule has 1 aliphatic rings. The standard InChI is InChI=1S/C23H26N4O2S/c1-3-27-22(20-14-19(20)16-8-6-5-7-9-16)25-26-23(27)30-15-21(28)24-17-10-12-18(13-11-17)29-4-2/h5-13,19-20H,3-4,14-15H2,1-2H3,(H,24,28). The van der Waals surface area contributed by atoms with Gasteiger partial charge in [0.1, 0.15) is 11.6 Å². The predicted octanol–water partition coefficient (Wildman–Crippen LogP) is 4.70. The molecule has 0 bridgehead atoms. The van der Waals surface area contributed by atoms with Gasteiger partial charge in [0, 0.05) is 18.2 Å². The van der Waals surface area contributed by atoms with Crippen LogP contribution in [0.2, 0.25) is 0 Å². The maximum Gasteiger partial charge on any atom is 0.234 e. The summed E-state index contributed by atoms with van der Waals surface area (Å²) in [6.07, 6.45) is 1.10. The quantitative estimate of drug-likeness (QED) is 0.506. The second kappa shape index (κ2) is 9.34. The molecule has 2 unspecified atom stereocenters. The number of thioether (sulfide) groups is 1. The van der Waals surface area contributed by atoms with E-state index < -0.39 is 0 Å². The molecule has 30 heavy (non-hydrogen) atoms. The minimum absolute atomic E-state index is 0.0649. The first-order valence-corrected chi connectivity index (χ1v) is 11.3. The highest BCUT2D eigenvalue weighted by molar-refractivity contribution is 7.99. The van der Waals surface area contributed by atoms with Gasteiger partial charge in [-0.15, -0.1) is 10.2 Å². The molecule has 1 aromatic heterocycles. The van der Waals surface area contributed by atoms with E-state index in [1.165, 1.54) is 17.3 Å². The zero-order valence-electron chi connectivity index (χ0n) is 17.2. The fourth-order valence-corrected chi connectivity index (χ4v) is 4.47. The number of nitrogens with one attached hydrogen (secondary N) is 1. The van der Waals surface area contributed by atoms with Crippen LogP contribution in [-0.2, 0) is 11.3 Å². The van der Waals surface area contributed by atoms with Gasteiger partial charge in [0.05, 0.1) is 12.4 Å². The summed E-state index contributed by atoms with van der Waals surface area (Å²) in [5.74, 6) is 2.97. The van der Waals surface area contributed by atoms with Crippen LogP contribution in [0, 0.1) is 0 Å². The van der Waals surface area contributed by atoms with E-state index in [4.69, 9.17) is 4.74 Å². The lowest BCUT2D eigenvalue weighted by atomic mass is 10.1. The van der Waals surface area contributed by atoms with E-state index in [-0.39, 0.29) is 11.7 Å². The largest absolute Gasteiger partial charge is 0.494 e. The lowest BCUT2D eigenvalue weighted by Gasteiger charge is -2.08. The van der Waals surface area contributed by atoms with E-state index >= 15 is 0 Å². The molecule has 2 atom stereocenters. The average Bonchev–Trinajstić information content (AvgIpc) is 3.46. The van der Waals surface area contributed by atoms with Crippen molar-refractivity contribution in [2.45, 2.75) is 43.8 Å². The molecule has 1 saturated carbocycles. The molecule has 4 rings (SSSR count). The topological polar surface area (TPSA) is 69.0 Å². The molecule has 1 N–H and O–H groups in total. The molecule has 0 radical (unpaired) electrons. The first-order valence-electron chi connectivity index (χ1n) is 10.3. The van der Waals surface area contributed by atoms with Crippen molar-refractivity contribution in [2.24, 2.45) is 0 Å². The van der Waals surface area contributed by atoms with Crippen LogP contribution >= 0.6 is 11.8 Å². The lowest BCUT2D eigenvalue weighted by molar-refractivity contribution is -0.113. The number of rotatable bonds is 9. The Morgan fingerprint density at radius 3 is 2.57 bits per heavy atom. The first-order chi connectivity index (χ1) is 14.7. The Bertz CT molecular complexity index is 988. The van der Waals surface area contributed by atoms with Crippen molar-refractivity contribution in [3.63, 3.8) is 0 Å². The summed E-state index contributed by atoms with van der Waals surface area (Å²) < 4.78 is 7.57. The molecule has 3 aromatic rings. The van der Waals surface area contributed by atoms with Crippen LogP contribution in [0.15, 0.2) is 59.8 Å². The molecule has 156 valence electrons. The molecule has 1 amide bonds. The van der Waals surface area contributed by atoms with E-state index in [1.54, 1.807) is 0 Å². The third-order valence-electron chi connectivity index (χ3n) is 5.19. The molecule has 7 heteroatoms. The number of benzene rings is 2. The Morgan fingerprint density at radius 2 is 1.87 bits per heavy atom. The van der Waals surface area contributed by atoms with E-state index in [2.05, 4.69) is 51.3 Å². The molecular formula is C23H26N4O2S. The minimum atomic E-state index is -0.0649. The highest BCUT2D eigenvalue weighted by Gasteiger charge is 2.43. The van der Waals surface area contributed by atoms with Gasteiger partial charge in [-0.2, -0.15) is 0 Å². The van der Waals surface area contributed by atoms with Crippen molar-refractivity contribution < 1.29 is 9.53 Å². The molecule has 6 nitrogen and oxygen atoms in total. The molecule has 2 aromatic carbocycles. The second-order valence-corrected chi connectivity index (χ2v) is 8.18. The second-order valence-electron chi connectivity index (χ2n) is 7.24. The molecule has 1 aliphatic carbocycles. The van der Waals surface area contributed by atoms with Crippen molar-refractivity contribution in [1.29, 1.82) is 0 Å². The number of anilines is 1. The van der Waals surface area contributed by atoms with Crippen LogP contribution in [-0.4, -0.2) is 33.0 Å².